The van der Waals surface area contributed by atoms with Crippen LogP contribution >= 0.6 is 0 Å². The van der Waals surface area contributed by atoms with Crippen LogP contribution in [0.4, 0.5) is 5.69 Å². The minimum Gasteiger partial charge on any atom is -0.495 e. The normalized spacial score (nSPS) is 11.3. The van der Waals surface area contributed by atoms with Crippen molar-refractivity contribution >= 4 is 33.7 Å². The Kier molecular flexibility index (Phi) is 5.86. The molecule has 0 saturated heterocycles. The number of aryl methyl sites for hydroxylation is 1. The molecule has 0 bridgehead atoms. The number of hydrogen-bond acceptors (Lipinski definition) is 5. The molecule has 0 aliphatic rings. The van der Waals surface area contributed by atoms with Crippen LogP contribution in [0, 0.1) is 6.92 Å². The van der Waals surface area contributed by atoms with E-state index in [4.69, 9.17) is 9.84 Å². The van der Waals surface area contributed by atoms with Gasteiger partial charge in [0.05, 0.1) is 18.4 Å². The predicted molar refractivity (Wildman–Crippen MR) is 98.6 cm³/mol. The number of hydrogen-bond donors (Lipinski definition) is 3. The molecule has 27 heavy (non-hydrogen) atoms. The van der Waals surface area contributed by atoms with Gasteiger partial charge in [-0.05, 0) is 42.3 Å². The highest BCUT2D eigenvalue weighted by atomic mass is 32.2. The van der Waals surface area contributed by atoms with Crippen LogP contribution in [0.25, 0.3) is 6.08 Å². The lowest BCUT2D eigenvalue weighted by atomic mass is 10.1. The number of aromatic carboxylic acids is 1. The molecule has 2 aromatic rings. The number of anilines is 1. The third kappa shape index (κ3) is 4.64. The molecule has 0 aromatic heterocycles. The molecule has 0 amide bonds. The number of sulfonamides is 1. The molecule has 2 aromatic carbocycles. The smallest absolute Gasteiger partial charge is 0.337 e. The summed E-state index contributed by atoms with van der Waals surface area (Å²) in [6.45, 7) is 1.58. The highest BCUT2D eigenvalue weighted by molar-refractivity contribution is 7.92. The number of para-hydroxylation sites is 1. The number of methoxy groups -OCH3 is 1. The molecule has 0 aliphatic carbocycles. The van der Waals surface area contributed by atoms with Gasteiger partial charge in [0, 0.05) is 6.08 Å². The average Bonchev–Trinajstić information content (AvgIpc) is 2.61. The summed E-state index contributed by atoms with van der Waals surface area (Å²) in [5.74, 6) is -2.43. The number of carboxylic acids is 2. The Balaban J connectivity index is 2.55. The molecular weight excluding hydrogens is 374 g/mol. The Morgan fingerprint density at radius 1 is 1.15 bits per heavy atom. The van der Waals surface area contributed by atoms with Crippen molar-refractivity contribution < 1.29 is 33.0 Å². The van der Waals surface area contributed by atoms with Crippen LogP contribution in [0.5, 0.6) is 5.75 Å². The topological polar surface area (TPSA) is 130 Å². The molecule has 0 saturated carbocycles. The van der Waals surface area contributed by atoms with Crippen LogP contribution in [0.1, 0.15) is 21.5 Å². The van der Waals surface area contributed by atoms with E-state index in [1.807, 2.05) is 0 Å². The number of rotatable bonds is 7. The first kappa shape index (κ1) is 20.0. The van der Waals surface area contributed by atoms with Gasteiger partial charge in [-0.1, -0.05) is 18.2 Å². The Hall–Kier alpha value is -3.33. The zero-order valence-corrected chi connectivity index (χ0v) is 15.3. The minimum atomic E-state index is -4.22. The molecular formula is C18H17NO7S. The average molecular weight is 391 g/mol. The van der Waals surface area contributed by atoms with E-state index in [-0.39, 0.29) is 21.9 Å². The first-order chi connectivity index (χ1) is 12.7. The summed E-state index contributed by atoms with van der Waals surface area (Å²) < 4.78 is 33.1. The van der Waals surface area contributed by atoms with Crippen molar-refractivity contribution in [3.63, 3.8) is 0 Å². The number of benzene rings is 2. The van der Waals surface area contributed by atoms with E-state index in [9.17, 15) is 23.1 Å². The first-order valence-corrected chi connectivity index (χ1v) is 9.09. The number of carboxylic acid groups (broad SMARTS) is 2. The third-order valence-corrected chi connectivity index (χ3v) is 5.01. The molecule has 0 radical (unpaired) electrons. The largest absolute Gasteiger partial charge is 0.495 e. The zero-order valence-electron chi connectivity index (χ0n) is 14.5. The second-order valence-corrected chi connectivity index (χ2v) is 7.14. The zero-order chi connectivity index (χ0) is 20.2. The standard InChI is InChI=1S/C18H17NO7S/c1-11-4-3-5-13(18(22)23)17(11)19-27(24,25)15-10-12(7-9-16(20)21)6-8-14(15)26-2/h3-10,19H,1-2H3,(H,20,21)(H,22,23)/b9-7+. The van der Waals surface area contributed by atoms with E-state index in [2.05, 4.69) is 4.72 Å². The van der Waals surface area contributed by atoms with Gasteiger partial charge in [-0.15, -0.1) is 0 Å². The summed E-state index contributed by atoms with van der Waals surface area (Å²) in [6.07, 6.45) is 2.10. The summed E-state index contributed by atoms with van der Waals surface area (Å²) in [6, 6.07) is 8.48. The maximum Gasteiger partial charge on any atom is 0.337 e. The van der Waals surface area contributed by atoms with E-state index in [1.54, 1.807) is 13.0 Å². The van der Waals surface area contributed by atoms with Gasteiger partial charge in [-0.25, -0.2) is 18.0 Å². The molecule has 9 heteroatoms. The van der Waals surface area contributed by atoms with Crippen molar-refractivity contribution in [3.05, 3.63) is 59.2 Å². The summed E-state index contributed by atoms with van der Waals surface area (Å²) >= 11 is 0. The van der Waals surface area contributed by atoms with Gasteiger partial charge in [0.1, 0.15) is 10.6 Å². The van der Waals surface area contributed by atoms with Gasteiger partial charge >= 0.3 is 11.9 Å². The molecule has 0 spiro atoms. The SMILES string of the molecule is COc1ccc(/C=C/C(=O)O)cc1S(=O)(=O)Nc1c(C)cccc1C(=O)O. The Bertz CT molecular complexity index is 1030. The lowest BCUT2D eigenvalue weighted by Gasteiger charge is -2.15. The van der Waals surface area contributed by atoms with Crippen LogP contribution in [0.3, 0.4) is 0 Å². The summed E-state index contributed by atoms with van der Waals surface area (Å²) in [5.41, 5.74) is 0.499. The molecule has 3 N–H and O–H groups in total. The second kappa shape index (κ2) is 7.92. The molecule has 0 heterocycles. The third-order valence-electron chi connectivity index (χ3n) is 3.64. The fourth-order valence-electron chi connectivity index (χ4n) is 2.35. The minimum absolute atomic E-state index is 0.0282. The Labute approximate surface area is 155 Å². The fourth-order valence-corrected chi connectivity index (χ4v) is 3.70. The number of carbonyl (C=O) groups is 2. The van der Waals surface area contributed by atoms with Crippen molar-refractivity contribution in [1.82, 2.24) is 0 Å². The van der Waals surface area contributed by atoms with Crippen molar-refractivity contribution in [2.24, 2.45) is 0 Å². The van der Waals surface area contributed by atoms with Crippen molar-refractivity contribution in [3.8, 4) is 5.75 Å². The van der Waals surface area contributed by atoms with E-state index in [1.165, 1.54) is 43.5 Å². The van der Waals surface area contributed by atoms with Crippen LogP contribution < -0.4 is 9.46 Å². The van der Waals surface area contributed by atoms with E-state index < -0.39 is 22.0 Å². The van der Waals surface area contributed by atoms with Gasteiger partial charge in [-0.2, -0.15) is 0 Å². The molecule has 8 nitrogen and oxygen atoms in total. The molecule has 142 valence electrons. The lowest BCUT2D eigenvalue weighted by molar-refractivity contribution is -0.131. The number of aliphatic carboxylic acids is 1. The van der Waals surface area contributed by atoms with Gasteiger partial charge < -0.3 is 14.9 Å². The predicted octanol–water partition coefficient (Wildman–Crippen LogP) is 2.60. The quantitative estimate of drug-likeness (QED) is 0.619. The van der Waals surface area contributed by atoms with Crippen LogP contribution in [0.2, 0.25) is 0 Å². The van der Waals surface area contributed by atoms with Crippen LogP contribution in [-0.2, 0) is 14.8 Å². The van der Waals surface area contributed by atoms with Crippen molar-refractivity contribution in [2.45, 2.75) is 11.8 Å². The molecule has 0 unspecified atom stereocenters. The van der Waals surface area contributed by atoms with Gasteiger partial charge in [0.15, 0.2) is 0 Å². The molecule has 0 atom stereocenters. The Morgan fingerprint density at radius 3 is 2.44 bits per heavy atom. The maximum atomic E-state index is 12.9. The van der Waals surface area contributed by atoms with Crippen LogP contribution in [0.15, 0.2) is 47.4 Å². The number of ether oxygens (including phenoxy) is 1. The second-order valence-electron chi connectivity index (χ2n) is 5.49. The van der Waals surface area contributed by atoms with Crippen molar-refractivity contribution in [1.29, 1.82) is 0 Å². The highest BCUT2D eigenvalue weighted by Gasteiger charge is 2.23. The fraction of sp³-hybridized carbons (Fsp3) is 0.111. The summed E-state index contributed by atoms with van der Waals surface area (Å²) in [4.78, 5) is 21.8. The highest BCUT2D eigenvalue weighted by Crippen LogP contribution is 2.30. The van der Waals surface area contributed by atoms with Gasteiger partial charge in [-0.3, -0.25) is 4.72 Å². The molecule has 0 aliphatic heterocycles. The molecule has 2 rings (SSSR count). The van der Waals surface area contributed by atoms with Crippen molar-refractivity contribution in [2.75, 3.05) is 11.8 Å². The summed E-state index contributed by atoms with van der Waals surface area (Å²) in [5, 5.41) is 18.0. The van der Waals surface area contributed by atoms with Gasteiger partial charge in [0.25, 0.3) is 10.0 Å². The van der Waals surface area contributed by atoms with Gasteiger partial charge in [0.2, 0.25) is 0 Å². The Morgan fingerprint density at radius 2 is 1.85 bits per heavy atom. The van der Waals surface area contributed by atoms with E-state index in [0.29, 0.717) is 11.1 Å². The molecule has 0 fully saturated rings. The monoisotopic (exact) mass is 391 g/mol. The van der Waals surface area contributed by atoms with Crippen LogP contribution in [-0.4, -0.2) is 37.7 Å². The first-order valence-electron chi connectivity index (χ1n) is 7.60. The lowest BCUT2D eigenvalue weighted by Crippen LogP contribution is -2.17. The van der Waals surface area contributed by atoms with E-state index in [0.717, 1.165) is 6.08 Å². The van der Waals surface area contributed by atoms with E-state index >= 15 is 0 Å². The number of nitrogens with one attached hydrogen (secondary N) is 1. The summed E-state index contributed by atoms with van der Waals surface area (Å²) in [7, 11) is -2.93. The maximum absolute atomic E-state index is 12.9.